The summed E-state index contributed by atoms with van der Waals surface area (Å²) in [6, 6.07) is 0. The molecule has 1 rings (SSSR count). The molecule has 0 bridgehead atoms. The molecule has 2 nitrogen and oxygen atoms in total. The van der Waals surface area contributed by atoms with E-state index in [1.165, 1.54) is 0 Å². The number of aliphatic hydroxyl groups is 2. The Labute approximate surface area is 81.0 Å². The van der Waals surface area contributed by atoms with E-state index in [1.54, 1.807) is 0 Å². The summed E-state index contributed by atoms with van der Waals surface area (Å²) < 4.78 is 0. The summed E-state index contributed by atoms with van der Waals surface area (Å²) in [7, 11) is 0. The maximum atomic E-state index is 10.1. The van der Waals surface area contributed by atoms with Gasteiger partial charge in [0.15, 0.2) is 0 Å². The Kier molecular flexibility index (Phi) is 2.29. The highest BCUT2D eigenvalue weighted by Gasteiger charge is 2.54. The monoisotopic (exact) mass is 186 g/mol. The molecule has 0 aromatic rings. The molecule has 2 N–H and O–H groups in total. The lowest BCUT2D eigenvalue weighted by Gasteiger charge is -2.42. The van der Waals surface area contributed by atoms with Crippen molar-refractivity contribution in [2.24, 2.45) is 11.3 Å². The second-order valence-electron chi connectivity index (χ2n) is 5.74. The van der Waals surface area contributed by atoms with Crippen molar-refractivity contribution in [2.75, 3.05) is 0 Å². The minimum Gasteiger partial charge on any atom is -0.390 e. The first-order chi connectivity index (χ1) is 5.59. The average Bonchev–Trinajstić information content (AvgIpc) is 2.00. The van der Waals surface area contributed by atoms with E-state index < -0.39 is 11.2 Å². The van der Waals surface area contributed by atoms with Crippen LogP contribution >= 0.6 is 0 Å². The average molecular weight is 186 g/mol. The van der Waals surface area contributed by atoms with E-state index in [-0.39, 0.29) is 11.3 Å². The molecule has 0 aromatic heterocycles. The van der Waals surface area contributed by atoms with Gasteiger partial charge in [-0.3, -0.25) is 0 Å². The van der Waals surface area contributed by atoms with Gasteiger partial charge in [-0.1, -0.05) is 13.8 Å². The molecule has 1 saturated carbocycles. The van der Waals surface area contributed by atoms with Gasteiger partial charge in [0.2, 0.25) is 0 Å². The molecule has 0 aliphatic heterocycles. The van der Waals surface area contributed by atoms with Crippen LogP contribution in [0.4, 0.5) is 0 Å². The van der Waals surface area contributed by atoms with Crippen molar-refractivity contribution in [1.82, 2.24) is 0 Å². The van der Waals surface area contributed by atoms with Crippen LogP contribution in [0.1, 0.15) is 47.5 Å². The van der Waals surface area contributed by atoms with Crippen molar-refractivity contribution in [3.05, 3.63) is 0 Å². The molecule has 13 heavy (non-hydrogen) atoms. The van der Waals surface area contributed by atoms with E-state index in [9.17, 15) is 10.2 Å². The van der Waals surface area contributed by atoms with Gasteiger partial charge in [-0.2, -0.15) is 0 Å². The summed E-state index contributed by atoms with van der Waals surface area (Å²) in [5.41, 5.74) is -1.53. The van der Waals surface area contributed by atoms with Crippen LogP contribution in [0, 0.1) is 11.3 Å². The fraction of sp³-hybridized carbons (Fsp3) is 1.00. The Morgan fingerprint density at radius 2 is 1.69 bits per heavy atom. The first-order valence-corrected chi connectivity index (χ1v) is 5.04. The lowest BCUT2D eigenvalue weighted by atomic mass is 9.68. The predicted octanol–water partition coefficient (Wildman–Crippen LogP) is 1.94. The minimum absolute atomic E-state index is 0.176. The highest BCUT2D eigenvalue weighted by molar-refractivity contribution is 5.05. The molecule has 0 spiro atoms. The summed E-state index contributed by atoms with van der Waals surface area (Å²) in [6.07, 6.45) is 1.69. The molecule has 1 aliphatic carbocycles. The van der Waals surface area contributed by atoms with E-state index >= 15 is 0 Å². The SMILES string of the molecule is CC(C)(O)[C@H]1CC[C@@](C)(O)C1(C)C. The van der Waals surface area contributed by atoms with Crippen LogP contribution in [-0.4, -0.2) is 21.4 Å². The Balaban J connectivity index is 2.95. The quantitative estimate of drug-likeness (QED) is 0.657. The summed E-state index contributed by atoms with van der Waals surface area (Å²) >= 11 is 0. The standard InChI is InChI=1S/C11H22O2/c1-9(2)8(10(3,4)12)6-7-11(9,5)13/h8,12-13H,6-7H2,1-5H3/t8-,11+/m0/s1. The molecule has 0 radical (unpaired) electrons. The van der Waals surface area contributed by atoms with Gasteiger partial charge >= 0.3 is 0 Å². The van der Waals surface area contributed by atoms with Gasteiger partial charge in [-0.05, 0) is 44.9 Å². The van der Waals surface area contributed by atoms with Crippen LogP contribution in [0.5, 0.6) is 0 Å². The third-order valence-corrected chi connectivity index (χ3v) is 4.03. The number of hydrogen-bond acceptors (Lipinski definition) is 2. The first kappa shape index (κ1) is 11.0. The Morgan fingerprint density at radius 3 is 1.85 bits per heavy atom. The smallest absolute Gasteiger partial charge is 0.0674 e. The van der Waals surface area contributed by atoms with E-state index in [1.807, 2.05) is 34.6 Å². The summed E-state index contributed by atoms with van der Waals surface area (Å²) in [4.78, 5) is 0. The molecule has 0 heterocycles. The Morgan fingerprint density at radius 1 is 1.23 bits per heavy atom. The zero-order valence-electron chi connectivity index (χ0n) is 9.39. The topological polar surface area (TPSA) is 40.5 Å². The molecule has 1 aliphatic rings. The fourth-order valence-electron chi connectivity index (χ4n) is 2.72. The van der Waals surface area contributed by atoms with E-state index in [0.29, 0.717) is 0 Å². The van der Waals surface area contributed by atoms with Crippen LogP contribution in [0.25, 0.3) is 0 Å². The van der Waals surface area contributed by atoms with Crippen molar-refractivity contribution in [2.45, 2.75) is 58.7 Å². The third-order valence-electron chi connectivity index (χ3n) is 4.03. The maximum absolute atomic E-state index is 10.1. The van der Waals surface area contributed by atoms with Gasteiger partial charge in [0.1, 0.15) is 0 Å². The summed E-state index contributed by atoms with van der Waals surface area (Å²) in [5.74, 6) is 0.176. The largest absolute Gasteiger partial charge is 0.390 e. The van der Waals surface area contributed by atoms with Gasteiger partial charge in [0.25, 0.3) is 0 Å². The van der Waals surface area contributed by atoms with Crippen LogP contribution in [0.3, 0.4) is 0 Å². The van der Waals surface area contributed by atoms with Crippen molar-refractivity contribution in [3.63, 3.8) is 0 Å². The summed E-state index contributed by atoms with van der Waals surface area (Å²) in [5, 5.41) is 20.1. The van der Waals surface area contributed by atoms with Gasteiger partial charge in [-0.25, -0.2) is 0 Å². The maximum Gasteiger partial charge on any atom is 0.0674 e. The van der Waals surface area contributed by atoms with E-state index in [2.05, 4.69) is 0 Å². The molecule has 0 saturated heterocycles. The molecule has 0 amide bonds. The molecular formula is C11H22O2. The first-order valence-electron chi connectivity index (χ1n) is 5.04. The lowest BCUT2D eigenvalue weighted by molar-refractivity contribution is -0.0934. The van der Waals surface area contributed by atoms with Crippen molar-refractivity contribution >= 4 is 0 Å². The molecular weight excluding hydrogens is 164 g/mol. The molecule has 2 atom stereocenters. The van der Waals surface area contributed by atoms with Crippen molar-refractivity contribution in [3.8, 4) is 0 Å². The van der Waals surface area contributed by atoms with Gasteiger partial charge in [-0.15, -0.1) is 0 Å². The summed E-state index contributed by atoms with van der Waals surface area (Å²) in [6.45, 7) is 9.63. The number of hydrogen-bond donors (Lipinski definition) is 2. The lowest BCUT2D eigenvalue weighted by Crippen LogP contribution is -2.46. The fourth-order valence-corrected chi connectivity index (χ4v) is 2.72. The van der Waals surface area contributed by atoms with Gasteiger partial charge in [0, 0.05) is 0 Å². The Hall–Kier alpha value is -0.0800. The predicted molar refractivity (Wildman–Crippen MR) is 53.4 cm³/mol. The minimum atomic E-state index is -0.690. The van der Waals surface area contributed by atoms with Gasteiger partial charge < -0.3 is 10.2 Å². The molecule has 2 heteroatoms. The molecule has 1 fully saturated rings. The zero-order valence-corrected chi connectivity index (χ0v) is 9.39. The molecule has 0 aromatic carbocycles. The highest BCUT2D eigenvalue weighted by Crippen LogP contribution is 2.53. The molecule has 0 unspecified atom stereocenters. The number of rotatable bonds is 1. The normalized spacial score (nSPS) is 39.5. The van der Waals surface area contributed by atoms with Gasteiger partial charge in [0.05, 0.1) is 11.2 Å². The third kappa shape index (κ3) is 1.62. The highest BCUT2D eigenvalue weighted by atomic mass is 16.3. The van der Waals surface area contributed by atoms with Crippen molar-refractivity contribution < 1.29 is 10.2 Å². The molecule has 78 valence electrons. The van der Waals surface area contributed by atoms with Crippen LogP contribution < -0.4 is 0 Å². The second kappa shape index (κ2) is 2.71. The zero-order chi connectivity index (χ0) is 10.5. The van der Waals surface area contributed by atoms with Crippen molar-refractivity contribution in [1.29, 1.82) is 0 Å². The van der Waals surface area contributed by atoms with E-state index in [4.69, 9.17) is 0 Å². The van der Waals surface area contributed by atoms with E-state index in [0.717, 1.165) is 12.8 Å². The second-order valence-corrected chi connectivity index (χ2v) is 5.74. The van der Waals surface area contributed by atoms with Crippen LogP contribution in [0.2, 0.25) is 0 Å². The Bertz CT molecular complexity index is 199. The van der Waals surface area contributed by atoms with Crippen LogP contribution in [0.15, 0.2) is 0 Å². The van der Waals surface area contributed by atoms with Crippen LogP contribution in [-0.2, 0) is 0 Å².